The standard InChI is InChI=1S/C15H22N2O2S/c1-3-12-17(13-4-2)20(18,19)15-9-7-14(8-10-15)6-5-11-16/h7-10H,3-4,11-13,16H2,1-2H3. The molecule has 0 amide bonds. The third-order valence-electron chi connectivity index (χ3n) is 2.77. The zero-order valence-electron chi connectivity index (χ0n) is 12.1. The lowest BCUT2D eigenvalue weighted by Crippen LogP contribution is -2.32. The quantitative estimate of drug-likeness (QED) is 0.814. The van der Waals surface area contributed by atoms with E-state index in [1.54, 1.807) is 24.3 Å². The molecule has 5 heteroatoms. The molecule has 1 aromatic carbocycles. The molecular formula is C15H22N2O2S. The molecule has 0 spiro atoms. The van der Waals surface area contributed by atoms with Crippen LogP contribution in [0.4, 0.5) is 0 Å². The predicted molar refractivity (Wildman–Crippen MR) is 81.7 cm³/mol. The van der Waals surface area contributed by atoms with Gasteiger partial charge in [-0.05, 0) is 37.1 Å². The van der Waals surface area contributed by atoms with Crippen molar-refractivity contribution in [2.45, 2.75) is 31.6 Å². The van der Waals surface area contributed by atoms with E-state index in [0.717, 1.165) is 18.4 Å². The van der Waals surface area contributed by atoms with Crippen LogP contribution in [0.2, 0.25) is 0 Å². The Morgan fingerprint density at radius 1 is 1.10 bits per heavy atom. The van der Waals surface area contributed by atoms with Crippen molar-refractivity contribution in [2.24, 2.45) is 5.73 Å². The molecule has 0 aliphatic carbocycles. The largest absolute Gasteiger partial charge is 0.320 e. The Kier molecular flexibility index (Phi) is 6.73. The van der Waals surface area contributed by atoms with E-state index in [4.69, 9.17) is 5.73 Å². The van der Waals surface area contributed by atoms with Crippen LogP contribution >= 0.6 is 0 Å². The van der Waals surface area contributed by atoms with Crippen LogP contribution in [0.3, 0.4) is 0 Å². The molecule has 1 rings (SSSR count). The Morgan fingerprint density at radius 2 is 1.65 bits per heavy atom. The van der Waals surface area contributed by atoms with Gasteiger partial charge in [0.1, 0.15) is 0 Å². The summed E-state index contributed by atoms with van der Waals surface area (Å²) in [7, 11) is -3.40. The first-order valence-electron chi connectivity index (χ1n) is 6.85. The van der Waals surface area contributed by atoms with Gasteiger partial charge in [0.15, 0.2) is 0 Å². The first-order valence-corrected chi connectivity index (χ1v) is 8.29. The van der Waals surface area contributed by atoms with Crippen LogP contribution in [-0.4, -0.2) is 32.4 Å². The average Bonchev–Trinajstić information content (AvgIpc) is 2.45. The number of hydrogen-bond donors (Lipinski definition) is 1. The van der Waals surface area contributed by atoms with Gasteiger partial charge in [-0.3, -0.25) is 0 Å². The van der Waals surface area contributed by atoms with Crippen LogP contribution in [0.25, 0.3) is 0 Å². The van der Waals surface area contributed by atoms with E-state index in [1.165, 1.54) is 4.31 Å². The molecule has 1 aromatic rings. The zero-order chi connectivity index (χ0) is 15.0. The summed E-state index contributed by atoms with van der Waals surface area (Å²) in [5.74, 6) is 5.62. The topological polar surface area (TPSA) is 63.4 Å². The van der Waals surface area contributed by atoms with Crippen molar-refractivity contribution in [1.29, 1.82) is 0 Å². The monoisotopic (exact) mass is 294 g/mol. The molecule has 0 aliphatic heterocycles. The minimum Gasteiger partial charge on any atom is -0.320 e. The third-order valence-corrected chi connectivity index (χ3v) is 4.69. The van der Waals surface area contributed by atoms with Crippen LogP contribution < -0.4 is 5.73 Å². The SMILES string of the molecule is CCCN(CCC)S(=O)(=O)c1ccc(C#CCN)cc1. The normalized spacial score (nSPS) is 11.2. The zero-order valence-corrected chi connectivity index (χ0v) is 12.9. The summed E-state index contributed by atoms with van der Waals surface area (Å²) in [5, 5.41) is 0. The summed E-state index contributed by atoms with van der Waals surface area (Å²) in [6, 6.07) is 6.64. The highest BCUT2D eigenvalue weighted by molar-refractivity contribution is 7.89. The fraction of sp³-hybridized carbons (Fsp3) is 0.467. The summed E-state index contributed by atoms with van der Waals surface area (Å²) in [6.45, 7) is 5.34. The number of benzene rings is 1. The van der Waals surface area contributed by atoms with Crippen molar-refractivity contribution < 1.29 is 8.42 Å². The summed E-state index contributed by atoms with van der Waals surface area (Å²) < 4.78 is 26.6. The molecule has 20 heavy (non-hydrogen) atoms. The van der Waals surface area contributed by atoms with E-state index in [-0.39, 0.29) is 0 Å². The molecule has 110 valence electrons. The summed E-state index contributed by atoms with van der Waals surface area (Å²) in [5.41, 5.74) is 6.08. The molecular weight excluding hydrogens is 272 g/mol. The first kappa shape index (κ1) is 16.7. The van der Waals surface area contributed by atoms with Crippen LogP contribution in [0.1, 0.15) is 32.3 Å². The molecule has 0 saturated heterocycles. The molecule has 0 aliphatic rings. The molecule has 4 nitrogen and oxygen atoms in total. The maximum atomic E-state index is 12.5. The number of nitrogens with zero attached hydrogens (tertiary/aromatic N) is 1. The number of nitrogens with two attached hydrogens (primary N) is 1. The van der Waals surface area contributed by atoms with E-state index in [0.29, 0.717) is 24.5 Å². The Labute approximate surface area is 122 Å². The lowest BCUT2D eigenvalue weighted by atomic mass is 10.2. The van der Waals surface area contributed by atoms with E-state index < -0.39 is 10.0 Å². The lowest BCUT2D eigenvalue weighted by molar-refractivity contribution is 0.410. The van der Waals surface area contributed by atoms with Gasteiger partial charge in [-0.2, -0.15) is 4.31 Å². The van der Waals surface area contributed by atoms with Gasteiger partial charge in [0.25, 0.3) is 0 Å². The second-order valence-electron chi connectivity index (χ2n) is 4.43. The van der Waals surface area contributed by atoms with Crippen molar-refractivity contribution in [1.82, 2.24) is 4.31 Å². The molecule has 0 radical (unpaired) electrons. The number of sulfonamides is 1. The van der Waals surface area contributed by atoms with Crippen LogP contribution in [0.15, 0.2) is 29.2 Å². The number of rotatable bonds is 6. The van der Waals surface area contributed by atoms with Crippen molar-refractivity contribution in [3.05, 3.63) is 29.8 Å². The Hall–Kier alpha value is -1.35. The van der Waals surface area contributed by atoms with Gasteiger partial charge < -0.3 is 5.73 Å². The van der Waals surface area contributed by atoms with Gasteiger partial charge in [0.2, 0.25) is 10.0 Å². The van der Waals surface area contributed by atoms with Gasteiger partial charge in [-0.1, -0.05) is 25.7 Å². The average molecular weight is 294 g/mol. The lowest BCUT2D eigenvalue weighted by Gasteiger charge is -2.20. The molecule has 0 unspecified atom stereocenters. The second-order valence-corrected chi connectivity index (χ2v) is 6.37. The highest BCUT2D eigenvalue weighted by atomic mass is 32.2. The molecule has 0 saturated carbocycles. The second kappa shape index (κ2) is 8.05. The van der Waals surface area contributed by atoms with Gasteiger partial charge in [0.05, 0.1) is 11.4 Å². The highest BCUT2D eigenvalue weighted by Gasteiger charge is 2.22. The van der Waals surface area contributed by atoms with E-state index >= 15 is 0 Å². The summed E-state index contributed by atoms with van der Waals surface area (Å²) >= 11 is 0. The van der Waals surface area contributed by atoms with E-state index in [2.05, 4.69) is 11.8 Å². The molecule has 0 heterocycles. The van der Waals surface area contributed by atoms with E-state index in [9.17, 15) is 8.42 Å². The minimum absolute atomic E-state index is 0.292. The van der Waals surface area contributed by atoms with Crippen molar-refractivity contribution in [2.75, 3.05) is 19.6 Å². The van der Waals surface area contributed by atoms with Crippen LogP contribution in [0, 0.1) is 11.8 Å². The Balaban J connectivity index is 3.02. The van der Waals surface area contributed by atoms with Gasteiger partial charge in [-0.15, -0.1) is 0 Å². The van der Waals surface area contributed by atoms with Crippen molar-refractivity contribution in [3.63, 3.8) is 0 Å². The maximum Gasteiger partial charge on any atom is 0.243 e. The van der Waals surface area contributed by atoms with Crippen LogP contribution in [-0.2, 0) is 10.0 Å². The number of hydrogen-bond acceptors (Lipinski definition) is 3. The van der Waals surface area contributed by atoms with Crippen molar-refractivity contribution >= 4 is 10.0 Å². The molecule has 0 fully saturated rings. The van der Waals surface area contributed by atoms with Gasteiger partial charge in [-0.25, -0.2) is 8.42 Å². The van der Waals surface area contributed by atoms with E-state index in [1.807, 2.05) is 13.8 Å². The molecule has 0 bridgehead atoms. The maximum absolute atomic E-state index is 12.5. The minimum atomic E-state index is -3.40. The first-order chi connectivity index (χ1) is 9.56. The summed E-state index contributed by atoms with van der Waals surface area (Å²) in [6.07, 6.45) is 1.61. The van der Waals surface area contributed by atoms with Crippen molar-refractivity contribution in [3.8, 4) is 11.8 Å². The molecule has 0 atom stereocenters. The smallest absolute Gasteiger partial charge is 0.243 e. The Morgan fingerprint density at radius 3 is 2.10 bits per heavy atom. The molecule has 0 aromatic heterocycles. The fourth-order valence-corrected chi connectivity index (χ4v) is 3.49. The van der Waals surface area contributed by atoms with Crippen LogP contribution in [0.5, 0.6) is 0 Å². The fourth-order valence-electron chi connectivity index (χ4n) is 1.86. The van der Waals surface area contributed by atoms with Gasteiger partial charge in [0, 0.05) is 18.7 Å². The molecule has 2 N–H and O–H groups in total. The third kappa shape index (κ3) is 4.34. The van der Waals surface area contributed by atoms with Gasteiger partial charge >= 0.3 is 0 Å². The highest BCUT2D eigenvalue weighted by Crippen LogP contribution is 2.17. The predicted octanol–water partition coefficient (Wildman–Crippen LogP) is 1.81. The Bertz CT molecular complexity index is 562. The summed E-state index contributed by atoms with van der Waals surface area (Å²) in [4.78, 5) is 0.317.